The van der Waals surface area contributed by atoms with Crippen LogP contribution in [0.3, 0.4) is 0 Å². The van der Waals surface area contributed by atoms with E-state index in [0.717, 1.165) is 25.1 Å². The largest absolute Gasteiger partial charge is 0.383 e. The molecule has 1 atom stereocenters. The van der Waals surface area contributed by atoms with Crippen molar-refractivity contribution in [1.29, 1.82) is 0 Å². The molecule has 1 aromatic rings. The summed E-state index contributed by atoms with van der Waals surface area (Å²) in [5.74, 6) is 0.329. The van der Waals surface area contributed by atoms with Crippen LogP contribution < -0.4 is 16.0 Å². The summed E-state index contributed by atoms with van der Waals surface area (Å²) in [7, 11) is 1.68. The van der Waals surface area contributed by atoms with Crippen LogP contribution in [0, 0.1) is 5.92 Å². The molecule has 0 spiro atoms. The minimum atomic E-state index is -0.244. The van der Waals surface area contributed by atoms with Gasteiger partial charge in [-0.1, -0.05) is 0 Å². The summed E-state index contributed by atoms with van der Waals surface area (Å²) in [6, 6.07) is 0. The maximum absolute atomic E-state index is 11.1. The van der Waals surface area contributed by atoms with Gasteiger partial charge in [-0.05, 0) is 6.42 Å². The highest BCUT2D eigenvalue weighted by atomic mass is 16.5. The van der Waals surface area contributed by atoms with Gasteiger partial charge in [-0.2, -0.15) is 0 Å². The fourth-order valence-electron chi connectivity index (χ4n) is 2.18. The smallest absolute Gasteiger partial charge is 0.225 e. The summed E-state index contributed by atoms with van der Waals surface area (Å²) in [6.45, 7) is 3.58. The average Bonchev–Trinajstić information content (AvgIpc) is 2.94. The Labute approximate surface area is 118 Å². The van der Waals surface area contributed by atoms with Gasteiger partial charge in [0.2, 0.25) is 11.9 Å². The van der Waals surface area contributed by atoms with Gasteiger partial charge in [-0.3, -0.25) is 4.79 Å². The lowest BCUT2D eigenvalue weighted by atomic mass is 10.1. The number of carbonyl (C=O) groups excluding carboxylic acids is 1. The highest BCUT2D eigenvalue weighted by molar-refractivity contribution is 5.78. The van der Waals surface area contributed by atoms with Crippen molar-refractivity contribution in [2.24, 2.45) is 11.7 Å². The molecule has 110 valence electrons. The number of amides is 1. The van der Waals surface area contributed by atoms with E-state index in [1.807, 2.05) is 4.90 Å². The summed E-state index contributed by atoms with van der Waals surface area (Å²) in [6.07, 6.45) is 4.39. The van der Waals surface area contributed by atoms with Crippen molar-refractivity contribution in [1.82, 2.24) is 15.3 Å². The number of nitrogens with one attached hydrogen (secondary N) is 1. The number of anilines is 1. The van der Waals surface area contributed by atoms with Crippen LogP contribution in [-0.2, 0) is 16.1 Å². The second-order valence-electron chi connectivity index (χ2n) is 4.89. The van der Waals surface area contributed by atoms with Crippen molar-refractivity contribution in [2.45, 2.75) is 13.0 Å². The minimum Gasteiger partial charge on any atom is -0.383 e. The van der Waals surface area contributed by atoms with E-state index in [4.69, 9.17) is 10.5 Å². The molecule has 2 rings (SSSR count). The fourth-order valence-corrected chi connectivity index (χ4v) is 2.18. The van der Waals surface area contributed by atoms with E-state index in [1.54, 1.807) is 19.5 Å². The lowest BCUT2D eigenvalue weighted by Crippen LogP contribution is -2.28. The van der Waals surface area contributed by atoms with E-state index >= 15 is 0 Å². The first kappa shape index (κ1) is 14.7. The molecule has 1 aliphatic rings. The molecule has 1 aliphatic heterocycles. The Kier molecular flexibility index (Phi) is 5.25. The van der Waals surface area contributed by atoms with Gasteiger partial charge in [0.1, 0.15) is 0 Å². The molecular weight excluding hydrogens is 258 g/mol. The number of methoxy groups -OCH3 is 1. The molecule has 0 aliphatic carbocycles. The molecule has 0 radical (unpaired) electrons. The second kappa shape index (κ2) is 7.16. The predicted molar refractivity (Wildman–Crippen MR) is 75.1 cm³/mol. The average molecular weight is 279 g/mol. The van der Waals surface area contributed by atoms with Gasteiger partial charge in [0.15, 0.2) is 0 Å². The molecule has 0 saturated carbocycles. The van der Waals surface area contributed by atoms with Crippen molar-refractivity contribution < 1.29 is 9.53 Å². The van der Waals surface area contributed by atoms with Gasteiger partial charge < -0.3 is 20.7 Å². The molecule has 1 aromatic heterocycles. The lowest BCUT2D eigenvalue weighted by molar-refractivity contribution is -0.121. The second-order valence-corrected chi connectivity index (χ2v) is 4.89. The number of rotatable bonds is 7. The molecule has 1 amide bonds. The fraction of sp³-hybridized carbons (Fsp3) is 0.615. The first-order valence-electron chi connectivity index (χ1n) is 6.75. The Morgan fingerprint density at radius 2 is 2.30 bits per heavy atom. The molecule has 0 bridgehead atoms. The van der Waals surface area contributed by atoms with Crippen LogP contribution in [0.25, 0.3) is 0 Å². The third kappa shape index (κ3) is 3.88. The quantitative estimate of drug-likeness (QED) is 0.655. The van der Waals surface area contributed by atoms with E-state index in [-0.39, 0.29) is 11.8 Å². The lowest BCUT2D eigenvalue weighted by Gasteiger charge is -2.15. The van der Waals surface area contributed by atoms with Gasteiger partial charge in [0, 0.05) is 51.2 Å². The van der Waals surface area contributed by atoms with Crippen molar-refractivity contribution in [3.8, 4) is 0 Å². The predicted octanol–water partition coefficient (Wildman–Crippen LogP) is -0.476. The van der Waals surface area contributed by atoms with Crippen LogP contribution in [0.4, 0.5) is 5.95 Å². The Hall–Kier alpha value is -1.73. The highest BCUT2D eigenvalue weighted by Crippen LogP contribution is 2.19. The first-order chi connectivity index (χ1) is 9.70. The number of primary amides is 1. The van der Waals surface area contributed by atoms with Crippen LogP contribution in [0.1, 0.15) is 12.0 Å². The van der Waals surface area contributed by atoms with Gasteiger partial charge in [-0.25, -0.2) is 9.97 Å². The topological polar surface area (TPSA) is 93.4 Å². The number of hydrogen-bond donors (Lipinski definition) is 2. The Morgan fingerprint density at radius 3 is 2.90 bits per heavy atom. The molecule has 7 nitrogen and oxygen atoms in total. The van der Waals surface area contributed by atoms with Crippen LogP contribution >= 0.6 is 0 Å². The Bertz CT molecular complexity index is 437. The monoisotopic (exact) mass is 279 g/mol. The van der Waals surface area contributed by atoms with Crippen molar-refractivity contribution >= 4 is 11.9 Å². The van der Waals surface area contributed by atoms with E-state index in [0.29, 0.717) is 25.6 Å². The number of carbonyl (C=O) groups is 1. The number of nitrogens with zero attached hydrogens (tertiary/aromatic N) is 3. The van der Waals surface area contributed by atoms with Crippen LogP contribution in [0.2, 0.25) is 0 Å². The summed E-state index contributed by atoms with van der Waals surface area (Å²) in [5.41, 5.74) is 6.34. The van der Waals surface area contributed by atoms with Crippen LogP contribution in [0.5, 0.6) is 0 Å². The van der Waals surface area contributed by atoms with Crippen LogP contribution in [0.15, 0.2) is 12.4 Å². The maximum Gasteiger partial charge on any atom is 0.225 e. The molecule has 1 unspecified atom stereocenters. The summed E-state index contributed by atoms with van der Waals surface area (Å²) in [4.78, 5) is 21.8. The zero-order valence-electron chi connectivity index (χ0n) is 11.7. The summed E-state index contributed by atoms with van der Waals surface area (Å²) >= 11 is 0. The normalized spacial score (nSPS) is 18.4. The highest BCUT2D eigenvalue weighted by Gasteiger charge is 2.27. The van der Waals surface area contributed by atoms with E-state index in [2.05, 4.69) is 15.3 Å². The van der Waals surface area contributed by atoms with Crippen molar-refractivity contribution in [2.75, 3.05) is 38.3 Å². The Morgan fingerprint density at radius 1 is 1.55 bits per heavy atom. The molecule has 3 N–H and O–H groups in total. The Balaban J connectivity index is 1.84. The van der Waals surface area contributed by atoms with Crippen LogP contribution in [-0.4, -0.2) is 49.2 Å². The van der Waals surface area contributed by atoms with Gasteiger partial charge >= 0.3 is 0 Å². The zero-order chi connectivity index (χ0) is 14.4. The maximum atomic E-state index is 11.1. The summed E-state index contributed by atoms with van der Waals surface area (Å²) < 4.78 is 4.96. The van der Waals surface area contributed by atoms with Crippen molar-refractivity contribution in [3.05, 3.63) is 18.0 Å². The standard InChI is InChI=1S/C13H21N5O2/c1-20-5-3-15-6-10-7-16-13(17-8-10)18-4-2-11(9-18)12(14)19/h7-8,11,15H,2-6,9H2,1H3,(H2,14,19). The number of nitrogens with two attached hydrogens (primary N) is 1. The minimum absolute atomic E-state index is 0.0889. The molecular formula is C13H21N5O2. The van der Waals surface area contributed by atoms with Gasteiger partial charge in [-0.15, -0.1) is 0 Å². The number of hydrogen-bond acceptors (Lipinski definition) is 6. The van der Waals surface area contributed by atoms with E-state index in [9.17, 15) is 4.79 Å². The van der Waals surface area contributed by atoms with Gasteiger partial charge in [0.05, 0.1) is 12.5 Å². The molecule has 1 fully saturated rings. The van der Waals surface area contributed by atoms with E-state index in [1.165, 1.54) is 0 Å². The molecule has 20 heavy (non-hydrogen) atoms. The molecule has 2 heterocycles. The number of ether oxygens (including phenoxy) is 1. The van der Waals surface area contributed by atoms with E-state index < -0.39 is 0 Å². The van der Waals surface area contributed by atoms with Crippen molar-refractivity contribution in [3.63, 3.8) is 0 Å². The molecule has 7 heteroatoms. The SMILES string of the molecule is COCCNCc1cnc(N2CCC(C(N)=O)C2)nc1. The first-order valence-corrected chi connectivity index (χ1v) is 6.75. The molecule has 0 aromatic carbocycles. The molecule has 1 saturated heterocycles. The summed E-state index contributed by atoms with van der Waals surface area (Å²) in [5, 5.41) is 3.23. The van der Waals surface area contributed by atoms with Gasteiger partial charge in [0.25, 0.3) is 0 Å². The number of aromatic nitrogens is 2. The zero-order valence-corrected chi connectivity index (χ0v) is 11.7. The third-order valence-electron chi connectivity index (χ3n) is 3.38. The third-order valence-corrected chi connectivity index (χ3v) is 3.38.